The lowest BCUT2D eigenvalue weighted by atomic mass is 10.1. The first-order valence-electron chi connectivity index (χ1n) is 8.49. The van der Waals surface area contributed by atoms with E-state index < -0.39 is 17.9 Å². The van der Waals surface area contributed by atoms with Gasteiger partial charge in [-0.2, -0.15) is 5.10 Å². The van der Waals surface area contributed by atoms with E-state index in [1.165, 1.54) is 6.08 Å². The fraction of sp³-hybridized carbons (Fsp3) is 0.316. The highest BCUT2D eigenvalue weighted by Crippen LogP contribution is 2.22. The molecule has 1 aromatic carbocycles. The zero-order valence-corrected chi connectivity index (χ0v) is 15.7. The largest absolute Gasteiger partial charge is 0.368 e. The van der Waals surface area contributed by atoms with Gasteiger partial charge in [0.15, 0.2) is 0 Å². The smallest absolute Gasteiger partial charge is 0.244 e. The Morgan fingerprint density at radius 3 is 2.65 bits per heavy atom. The monoisotopic (exact) mass is 374 g/mol. The average molecular weight is 375 g/mol. The number of amides is 2. The predicted molar refractivity (Wildman–Crippen MR) is 102 cm³/mol. The summed E-state index contributed by atoms with van der Waals surface area (Å²) in [6.07, 6.45) is 4.95. The Kier molecular flexibility index (Phi) is 6.97. The number of unbranched alkanes of at least 4 members (excludes halogenated alkanes) is 1. The number of benzene rings is 1. The minimum absolute atomic E-state index is 0.436. The minimum Gasteiger partial charge on any atom is -0.368 e. The maximum Gasteiger partial charge on any atom is 0.244 e. The number of primary amides is 1. The molecule has 0 aliphatic rings. The lowest BCUT2D eigenvalue weighted by Gasteiger charge is -2.14. The molecule has 2 amide bonds. The van der Waals surface area contributed by atoms with E-state index in [0.717, 1.165) is 25.1 Å². The van der Waals surface area contributed by atoms with Gasteiger partial charge in [-0.25, -0.2) is 0 Å². The van der Waals surface area contributed by atoms with Crippen molar-refractivity contribution in [2.75, 3.05) is 0 Å². The Morgan fingerprint density at radius 2 is 2.04 bits per heavy atom. The van der Waals surface area contributed by atoms with Crippen LogP contribution in [0.25, 0.3) is 6.08 Å². The van der Waals surface area contributed by atoms with Crippen molar-refractivity contribution in [2.24, 2.45) is 5.73 Å². The molecule has 7 heteroatoms. The molecule has 0 radical (unpaired) electrons. The van der Waals surface area contributed by atoms with Crippen molar-refractivity contribution in [2.45, 2.75) is 39.3 Å². The Hall–Kier alpha value is -2.60. The molecule has 1 aromatic heterocycles. The molecule has 6 nitrogen and oxygen atoms in total. The third kappa shape index (κ3) is 4.95. The summed E-state index contributed by atoms with van der Waals surface area (Å²) < 4.78 is 1.73. The van der Waals surface area contributed by atoms with Crippen molar-refractivity contribution in [1.82, 2.24) is 15.1 Å². The van der Waals surface area contributed by atoms with Crippen molar-refractivity contribution >= 4 is 29.5 Å². The summed E-state index contributed by atoms with van der Waals surface area (Å²) in [4.78, 5) is 23.9. The molecular formula is C19H23ClN4O2. The molecule has 2 rings (SSSR count). The highest BCUT2D eigenvalue weighted by molar-refractivity contribution is 6.31. The molecule has 0 saturated carbocycles. The lowest BCUT2D eigenvalue weighted by Crippen LogP contribution is -2.36. The number of rotatable bonds is 8. The van der Waals surface area contributed by atoms with E-state index in [-0.39, 0.29) is 0 Å². The summed E-state index contributed by atoms with van der Waals surface area (Å²) in [5.41, 5.74) is 7.47. The predicted octanol–water partition coefficient (Wildman–Crippen LogP) is 3.00. The van der Waals surface area contributed by atoms with Crippen LogP contribution in [0.15, 0.2) is 36.4 Å². The lowest BCUT2D eigenvalue weighted by molar-refractivity contribution is -0.125. The second-order valence-electron chi connectivity index (χ2n) is 5.95. The van der Waals surface area contributed by atoms with Gasteiger partial charge in [0.2, 0.25) is 11.8 Å². The van der Waals surface area contributed by atoms with Crippen LogP contribution in [0.5, 0.6) is 0 Å². The third-order valence-corrected chi connectivity index (χ3v) is 4.34. The van der Waals surface area contributed by atoms with E-state index in [0.29, 0.717) is 16.3 Å². The van der Waals surface area contributed by atoms with Gasteiger partial charge in [0.25, 0.3) is 0 Å². The molecule has 0 aliphatic carbocycles. The second-order valence-corrected chi connectivity index (χ2v) is 6.31. The topological polar surface area (TPSA) is 90.0 Å². The number of nitrogens with zero attached hydrogens (tertiary/aromatic N) is 2. The fourth-order valence-electron chi connectivity index (χ4n) is 2.53. The number of nitrogens with two attached hydrogens (primary N) is 1. The molecule has 0 aliphatic heterocycles. The Morgan fingerprint density at radius 1 is 1.35 bits per heavy atom. The van der Waals surface area contributed by atoms with E-state index in [4.69, 9.17) is 17.3 Å². The normalized spacial score (nSPS) is 12.3. The van der Waals surface area contributed by atoms with Crippen molar-refractivity contribution < 1.29 is 9.59 Å². The molecule has 0 fully saturated rings. The summed E-state index contributed by atoms with van der Waals surface area (Å²) in [7, 11) is 0. The fourth-order valence-corrected chi connectivity index (χ4v) is 2.85. The van der Waals surface area contributed by atoms with Crippen LogP contribution in [0.2, 0.25) is 5.15 Å². The maximum absolute atomic E-state index is 12.2. The van der Waals surface area contributed by atoms with Crippen LogP contribution < -0.4 is 11.1 Å². The zero-order chi connectivity index (χ0) is 19.1. The number of nitrogens with one attached hydrogen (secondary N) is 1. The van der Waals surface area contributed by atoms with Gasteiger partial charge in [-0.3, -0.25) is 14.3 Å². The van der Waals surface area contributed by atoms with Crippen LogP contribution in [-0.2, 0) is 16.1 Å². The van der Waals surface area contributed by atoms with Crippen molar-refractivity contribution in [3.63, 3.8) is 0 Å². The molecule has 1 heterocycles. The number of carbonyl (C=O) groups excluding carboxylic acids is 2. The van der Waals surface area contributed by atoms with Gasteiger partial charge in [-0.15, -0.1) is 0 Å². The van der Waals surface area contributed by atoms with Crippen LogP contribution in [0.1, 0.15) is 42.6 Å². The number of aryl methyl sites for hydroxylation is 2. The molecule has 1 atom stereocenters. The van der Waals surface area contributed by atoms with Gasteiger partial charge in [0.05, 0.1) is 5.69 Å². The van der Waals surface area contributed by atoms with E-state index >= 15 is 0 Å². The van der Waals surface area contributed by atoms with E-state index in [1.54, 1.807) is 35.0 Å². The number of aromatic nitrogens is 2. The first kappa shape index (κ1) is 19.7. The minimum atomic E-state index is -0.891. The molecule has 26 heavy (non-hydrogen) atoms. The molecule has 138 valence electrons. The van der Waals surface area contributed by atoms with Crippen molar-refractivity contribution in [3.05, 3.63) is 58.4 Å². The average Bonchev–Trinajstić information content (AvgIpc) is 2.90. The van der Waals surface area contributed by atoms with Gasteiger partial charge >= 0.3 is 0 Å². The highest BCUT2D eigenvalue weighted by atomic mass is 35.5. The van der Waals surface area contributed by atoms with Crippen molar-refractivity contribution in [1.29, 1.82) is 0 Å². The highest BCUT2D eigenvalue weighted by Gasteiger charge is 2.19. The van der Waals surface area contributed by atoms with Gasteiger partial charge in [0.1, 0.15) is 11.2 Å². The molecule has 0 bridgehead atoms. The zero-order valence-electron chi connectivity index (χ0n) is 14.9. The summed E-state index contributed by atoms with van der Waals surface area (Å²) in [6, 6.07) is 7.96. The van der Waals surface area contributed by atoms with Crippen LogP contribution in [0, 0.1) is 6.92 Å². The summed E-state index contributed by atoms with van der Waals surface area (Å²) in [6.45, 7) is 4.66. The molecule has 3 N–H and O–H groups in total. The molecule has 0 spiro atoms. The van der Waals surface area contributed by atoms with Crippen molar-refractivity contribution in [3.8, 4) is 0 Å². The van der Waals surface area contributed by atoms with Gasteiger partial charge in [0, 0.05) is 18.2 Å². The third-order valence-electron chi connectivity index (χ3n) is 3.94. The SMILES string of the molecule is CCCCn1nc(C)c(/C=C/C(=O)NC(C(N)=O)c2ccccc2)c1Cl. The maximum atomic E-state index is 12.2. The molecule has 1 unspecified atom stereocenters. The van der Waals surface area contributed by atoms with Gasteiger partial charge < -0.3 is 11.1 Å². The Balaban J connectivity index is 2.11. The first-order valence-corrected chi connectivity index (χ1v) is 8.87. The van der Waals surface area contributed by atoms with Crippen LogP contribution in [0.4, 0.5) is 0 Å². The quantitative estimate of drug-likeness (QED) is 0.696. The number of carbonyl (C=O) groups is 2. The number of halogens is 1. The number of hydrogen-bond acceptors (Lipinski definition) is 3. The molecule has 2 aromatic rings. The summed E-state index contributed by atoms with van der Waals surface area (Å²) in [5, 5.41) is 7.50. The molecule has 0 saturated heterocycles. The Labute approximate surface area is 158 Å². The van der Waals surface area contributed by atoms with E-state index in [9.17, 15) is 9.59 Å². The Bertz CT molecular complexity index is 799. The summed E-state index contributed by atoms with van der Waals surface area (Å²) in [5.74, 6) is -1.06. The van der Waals surface area contributed by atoms with Crippen LogP contribution >= 0.6 is 11.6 Å². The standard InChI is InChI=1S/C19H23ClN4O2/c1-3-4-12-24-18(20)15(13(2)23-24)10-11-16(25)22-17(19(21)26)14-8-6-5-7-9-14/h5-11,17H,3-4,12H2,1-2H3,(H2,21,26)(H,22,25)/b11-10+. The summed E-state index contributed by atoms with van der Waals surface area (Å²) >= 11 is 6.34. The van der Waals surface area contributed by atoms with E-state index in [2.05, 4.69) is 17.3 Å². The van der Waals surface area contributed by atoms with Crippen LogP contribution in [0.3, 0.4) is 0 Å². The van der Waals surface area contributed by atoms with Gasteiger partial charge in [-0.1, -0.05) is 55.3 Å². The second kappa shape index (κ2) is 9.20. The van der Waals surface area contributed by atoms with E-state index in [1.807, 2.05) is 13.0 Å². The van der Waals surface area contributed by atoms with Gasteiger partial charge in [-0.05, 0) is 25.0 Å². The number of hydrogen-bond donors (Lipinski definition) is 2. The first-order chi connectivity index (χ1) is 12.4. The molecular weight excluding hydrogens is 352 g/mol. The van der Waals surface area contributed by atoms with Crippen LogP contribution in [-0.4, -0.2) is 21.6 Å².